The summed E-state index contributed by atoms with van der Waals surface area (Å²) in [6.45, 7) is 0. The van der Waals surface area contributed by atoms with Gasteiger partial charge in [0.25, 0.3) is 0 Å². The molecule has 0 saturated carbocycles. The van der Waals surface area contributed by atoms with Crippen LogP contribution in [-0.4, -0.2) is 15.0 Å². The van der Waals surface area contributed by atoms with Crippen LogP contribution in [0, 0.1) is 0 Å². The molecular formula is C45H29N3S. The van der Waals surface area contributed by atoms with Gasteiger partial charge in [-0.25, -0.2) is 15.0 Å². The highest BCUT2D eigenvalue weighted by atomic mass is 32.1. The van der Waals surface area contributed by atoms with Gasteiger partial charge >= 0.3 is 0 Å². The summed E-state index contributed by atoms with van der Waals surface area (Å²) in [4.78, 5) is 13.2. The third kappa shape index (κ3) is 5.48. The van der Waals surface area contributed by atoms with E-state index in [0.29, 0.717) is 10.3 Å². The molecule has 0 spiro atoms. The number of thiophene rings is 1. The predicted octanol–water partition coefficient (Wildman–Crippen LogP) is 12.2. The molecule has 0 amide bonds. The van der Waals surface area contributed by atoms with Crippen molar-refractivity contribution in [1.29, 1.82) is 0 Å². The molecule has 0 aliphatic rings. The molecular weight excluding hydrogens is 615 g/mol. The molecule has 9 rings (SSSR count). The van der Waals surface area contributed by atoms with Crippen LogP contribution in [0.5, 0.6) is 0 Å². The predicted molar refractivity (Wildman–Crippen MR) is 205 cm³/mol. The lowest BCUT2D eigenvalue weighted by Gasteiger charge is -2.10. The molecule has 7 aromatic carbocycles. The second-order valence-electron chi connectivity index (χ2n) is 10.6. The first kappa shape index (κ1) is 15.8. The zero-order valence-electron chi connectivity index (χ0n) is 43.1. The standard InChI is InChI=1S/C45H29N3S/c1-4-13-30(14-5-1)31-25-27-34(28-26-31)44-46-43(33-17-8-3-9-18-33)47-45(48-44)36-20-10-19-35(29-36)38-22-12-24-40-39-23-11-21-37(41(39)49-42(38)40)32-15-6-2-7-16-32/h1-29H/i1D,3D,4D,5D,8D,9D,10D,13D,14D,17D,18D,19D,20D,25D,26D,27D,28D,29D. The maximum atomic E-state index is 9.69. The Kier molecular flexibility index (Phi) is 4.00. The third-order valence-electron chi connectivity index (χ3n) is 7.68. The molecule has 49 heavy (non-hydrogen) atoms. The van der Waals surface area contributed by atoms with E-state index in [9.17, 15) is 1.37 Å². The van der Waals surface area contributed by atoms with Crippen molar-refractivity contribution in [3.63, 3.8) is 0 Å². The summed E-state index contributed by atoms with van der Waals surface area (Å²) in [6, 6.07) is 7.27. The molecule has 2 heterocycles. The van der Waals surface area contributed by atoms with Crippen molar-refractivity contribution < 1.29 is 24.7 Å². The Morgan fingerprint density at radius 2 is 0.837 bits per heavy atom. The molecule has 0 aliphatic carbocycles. The minimum absolute atomic E-state index is 0.0899. The fraction of sp³-hybridized carbons (Fsp3) is 0. The lowest BCUT2D eigenvalue weighted by atomic mass is 9.99. The van der Waals surface area contributed by atoms with E-state index in [-0.39, 0.29) is 5.56 Å². The van der Waals surface area contributed by atoms with Gasteiger partial charge < -0.3 is 0 Å². The van der Waals surface area contributed by atoms with Gasteiger partial charge in [0.1, 0.15) is 0 Å². The second-order valence-corrected chi connectivity index (χ2v) is 11.7. The van der Waals surface area contributed by atoms with E-state index in [0.717, 1.165) is 26.6 Å². The Morgan fingerprint density at radius 1 is 0.367 bits per heavy atom. The molecule has 0 saturated heterocycles. The smallest absolute Gasteiger partial charge is 0.164 e. The van der Waals surface area contributed by atoms with Crippen LogP contribution in [0.4, 0.5) is 0 Å². The number of benzene rings is 7. The zero-order chi connectivity index (χ0) is 48.2. The molecule has 4 heteroatoms. The summed E-state index contributed by atoms with van der Waals surface area (Å²) in [6.07, 6.45) is 0. The fourth-order valence-electron chi connectivity index (χ4n) is 5.45. The molecule has 0 atom stereocenters. The minimum Gasteiger partial charge on any atom is -0.208 e. The van der Waals surface area contributed by atoms with Gasteiger partial charge in [-0.05, 0) is 39.4 Å². The summed E-state index contributed by atoms with van der Waals surface area (Å²) >= 11 is 1.41. The minimum atomic E-state index is -0.876. The highest BCUT2D eigenvalue weighted by Crippen LogP contribution is 2.44. The van der Waals surface area contributed by atoms with Crippen molar-refractivity contribution in [2.75, 3.05) is 0 Å². The molecule has 0 N–H and O–H groups in total. The van der Waals surface area contributed by atoms with Crippen molar-refractivity contribution in [1.82, 2.24) is 15.0 Å². The molecule has 0 aliphatic heterocycles. The van der Waals surface area contributed by atoms with Gasteiger partial charge in [0.05, 0.1) is 24.7 Å². The molecule has 230 valence electrons. The normalized spacial score (nSPS) is 16.4. The fourth-order valence-corrected chi connectivity index (χ4v) is 6.81. The quantitative estimate of drug-likeness (QED) is 0.178. The summed E-state index contributed by atoms with van der Waals surface area (Å²) < 4.78 is 159. The van der Waals surface area contributed by atoms with Crippen molar-refractivity contribution in [3.05, 3.63) is 175 Å². The van der Waals surface area contributed by atoms with Gasteiger partial charge in [-0.1, -0.05) is 169 Å². The van der Waals surface area contributed by atoms with Crippen molar-refractivity contribution >= 4 is 31.5 Å². The Hall–Kier alpha value is -6.23. The van der Waals surface area contributed by atoms with Crippen molar-refractivity contribution in [3.8, 4) is 67.5 Å². The number of fused-ring (bicyclic) bond motifs is 3. The number of nitrogens with zero attached hydrogens (tertiary/aromatic N) is 3. The highest BCUT2D eigenvalue weighted by Gasteiger charge is 2.16. The first-order chi connectivity index (χ1) is 31.8. The summed E-state index contributed by atoms with van der Waals surface area (Å²) in [5.74, 6) is -1.97. The number of rotatable bonds is 6. The van der Waals surface area contributed by atoms with Crippen LogP contribution in [0.25, 0.3) is 87.7 Å². The third-order valence-corrected chi connectivity index (χ3v) is 8.97. The van der Waals surface area contributed by atoms with Gasteiger partial charge in [-0.15, -0.1) is 11.3 Å². The molecule has 0 unspecified atom stereocenters. The molecule has 0 radical (unpaired) electrons. The SMILES string of the molecule is [2H]c1c([2H])c([2H])c(-c2nc(-c3c([2H])c([2H])c(-c4c([2H])c([2H])c([2H])c([2H])c4[2H])c([2H])c3[2H])nc(-c3c([2H])c([2H])c([2H])c(-c4cccc5c4sc4c(-c6ccccc6)cccc45)c3[2H])n2)c([2H])c1[2H]. The van der Waals surface area contributed by atoms with Crippen LogP contribution in [0.3, 0.4) is 0 Å². The molecule has 3 nitrogen and oxygen atoms in total. The topological polar surface area (TPSA) is 38.7 Å². The van der Waals surface area contributed by atoms with E-state index in [2.05, 4.69) is 15.0 Å². The average Bonchev–Trinajstić information content (AvgIpc) is 3.71. The van der Waals surface area contributed by atoms with Gasteiger partial charge in [-0.2, -0.15) is 0 Å². The Labute approximate surface area is 314 Å². The summed E-state index contributed by atoms with van der Waals surface area (Å²) in [5.41, 5.74) is -0.788. The monoisotopic (exact) mass is 661 g/mol. The Morgan fingerprint density at radius 3 is 1.47 bits per heavy atom. The van der Waals surface area contributed by atoms with Gasteiger partial charge in [0.15, 0.2) is 17.5 Å². The van der Waals surface area contributed by atoms with Crippen molar-refractivity contribution in [2.45, 2.75) is 0 Å². The number of hydrogen-bond donors (Lipinski definition) is 0. The second kappa shape index (κ2) is 12.4. The van der Waals surface area contributed by atoms with E-state index in [4.69, 9.17) is 23.3 Å². The van der Waals surface area contributed by atoms with E-state index in [1.165, 1.54) is 11.3 Å². The Bertz CT molecular complexity index is 3550. The van der Waals surface area contributed by atoms with Crippen molar-refractivity contribution in [2.24, 2.45) is 0 Å². The summed E-state index contributed by atoms with van der Waals surface area (Å²) in [5, 5.41) is 1.69. The summed E-state index contributed by atoms with van der Waals surface area (Å²) in [7, 11) is 0. The largest absolute Gasteiger partial charge is 0.208 e. The maximum absolute atomic E-state index is 9.69. The van der Waals surface area contributed by atoms with Gasteiger partial charge in [0.2, 0.25) is 0 Å². The first-order valence-electron chi connectivity index (χ1n) is 23.9. The number of hydrogen-bond acceptors (Lipinski definition) is 4. The van der Waals surface area contributed by atoms with E-state index >= 15 is 0 Å². The van der Waals surface area contributed by atoms with Crippen LogP contribution in [0.15, 0.2) is 175 Å². The van der Waals surface area contributed by atoms with Crippen LogP contribution in [0.2, 0.25) is 0 Å². The van der Waals surface area contributed by atoms with Crippen LogP contribution < -0.4 is 0 Å². The molecule has 0 fully saturated rings. The average molecular weight is 662 g/mol. The van der Waals surface area contributed by atoms with Crippen LogP contribution >= 0.6 is 11.3 Å². The maximum Gasteiger partial charge on any atom is 0.164 e. The first-order valence-corrected chi connectivity index (χ1v) is 15.7. The van der Waals surface area contributed by atoms with Gasteiger partial charge in [-0.3, -0.25) is 0 Å². The lowest BCUT2D eigenvalue weighted by Crippen LogP contribution is -2.00. The van der Waals surface area contributed by atoms with Crippen LogP contribution in [0.1, 0.15) is 24.7 Å². The highest BCUT2D eigenvalue weighted by molar-refractivity contribution is 7.26. The molecule has 0 bridgehead atoms. The van der Waals surface area contributed by atoms with E-state index < -0.39 is 154 Å². The Balaban J connectivity index is 1.35. The zero-order valence-corrected chi connectivity index (χ0v) is 25.9. The lowest BCUT2D eigenvalue weighted by molar-refractivity contribution is 1.07. The molecule has 2 aromatic heterocycles. The van der Waals surface area contributed by atoms with Crippen LogP contribution in [-0.2, 0) is 0 Å². The molecule has 9 aromatic rings. The number of aromatic nitrogens is 3. The van der Waals surface area contributed by atoms with Gasteiger partial charge in [0, 0.05) is 36.9 Å². The van der Waals surface area contributed by atoms with E-state index in [1.54, 1.807) is 12.1 Å². The van der Waals surface area contributed by atoms with E-state index in [1.807, 2.05) is 54.6 Å².